The van der Waals surface area contributed by atoms with Crippen molar-refractivity contribution < 1.29 is 23.8 Å². The molecule has 2 heterocycles. The molecule has 1 aliphatic heterocycles. The lowest BCUT2D eigenvalue weighted by atomic mass is 9.95. The second-order valence-electron chi connectivity index (χ2n) is 8.68. The Kier molecular flexibility index (Phi) is 7.38. The predicted molar refractivity (Wildman–Crippen MR) is 148 cm³/mol. The Hall–Kier alpha value is -3.46. The van der Waals surface area contributed by atoms with Crippen LogP contribution in [0.3, 0.4) is 0 Å². The number of ether oxygens (including phenoxy) is 1. The summed E-state index contributed by atoms with van der Waals surface area (Å²) in [6, 6.07) is 14.4. The lowest BCUT2D eigenvalue weighted by Gasteiger charge is -2.23. The van der Waals surface area contributed by atoms with Crippen LogP contribution >= 0.6 is 34.5 Å². The van der Waals surface area contributed by atoms with Crippen LogP contribution in [0.2, 0.25) is 10.0 Å². The predicted octanol–water partition coefficient (Wildman–Crippen LogP) is 7.55. The fourth-order valence-corrected chi connectivity index (χ4v) is 5.56. The Balaban J connectivity index is 1.67. The van der Waals surface area contributed by atoms with E-state index in [1.54, 1.807) is 36.4 Å². The van der Waals surface area contributed by atoms with Crippen molar-refractivity contribution in [2.75, 3.05) is 11.5 Å². The van der Waals surface area contributed by atoms with Crippen molar-refractivity contribution in [2.24, 2.45) is 0 Å². The number of benzene rings is 3. The summed E-state index contributed by atoms with van der Waals surface area (Å²) in [6.07, 6.45) is 1.83. The molecule has 0 bridgehead atoms. The van der Waals surface area contributed by atoms with Gasteiger partial charge in [-0.1, -0.05) is 66.1 Å². The fraction of sp³-hybridized carbons (Fsp3) is 0.179. The second-order valence-corrected chi connectivity index (χ2v) is 10.5. The number of aromatic nitrogens is 1. The minimum absolute atomic E-state index is 0.135. The number of halogens is 3. The zero-order valence-corrected chi connectivity index (χ0v) is 22.4. The van der Waals surface area contributed by atoms with E-state index in [-0.39, 0.29) is 21.5 Å². The molecule has 0 saturated carbocycles. The van der Waals surface area contributed by atoms with Gasteiger partial charge in [0.25, 0.3) is 5.78 Å². The first kappa shape index (κ1) is 26.2. The molecule has 0 aliphatic carbocycles. The molecule has 6 nitrogen and oxygen atoms in total. The van der Waals surface area contributed by atoms with E-state index >= 15 is 0 Å². The van der Waals surface area contributed by atoms with Crippen LogP contribution in [-0.4, -0.2) is 28.4 Å². The SMILES string of the molecule is CCCCOc1cccc(/C(O)=C2\C(=O)C(=O)N(c3nc4ccc(F)cc4s3)C2c2ccc(Cl)c(Cl)c2)c1. The number of Topliss-reactive ketones (excluding diaryl/α,β-unsaturated/α-hetero) is 1. The second kappa shape index (κ2) is 10.7. The smallest absolute Gasteiger partial charge is 0.301 e. The molecular weight excluding hydrogens is 550 g/mol. The molecule has 38 heavy (non-hydrogen) atoms. The molecule has 1 unspecified atom stereocenters. The summed E-state index contributed by atoms with van der Waals surface area (Å²) in [7, 11) is 0. The first-order valence-corrected chi connectivity index (χ1v) is 13.4. The summed E-state index contributed by atoms with van der Waals surface area (Å²) in [4.78, 5) is 32.5. The topological polar surface area (TPSA) is 79.7 Å². The minimum atomic E-state index is -1.06. The normalized spacial score (nSPS) is 16.9. The Morgan fingerprint density at radius 1 is 1.11 bits per heavy atom. The third kappa shape index (κ3) is 4.87. The summed E-state index contributed by atoms with van der Waals surface area (Å²) in [5, 5.41) is 12.1. The lowest BCUT2D eigenvalue weighted by Crippen LogP contribution is -2.29. The van der Waals surface area contributed by atoms with E-state index in [9.17, 15) is 19.1 Å². The van der Waals surface area contributed by atoms with Gasteiger partial charge in [-0.15, -0.1) is 0 Å². The van der Waals surface area contributed by atoms with Gasteiger partial charge < -0.3 is 9.84 Å². The van der Waals surface area contributed by atoms with Crippen LogP contribution in [0.4, 0.5) is 9.52 Å². The number of nitrogens with zero attached hydrogens (tertiary/aromatic N) is 2. The van der Waals surface area contributed by atoms with Crippen LogP contribution < -0.4 is 9.64 Å². The standard InChI is InChI=1S/C28H21Cl2FN2O4S/c1-2-3-11-37-18-6-4-5-16(12-18)25(34)23-24(15-7-9-19(29)20(30)13-15)33(27(36)26(23)35)28-32-21-10-8-17(31)14-22(21)38-28/h4-10,12-14,24,34H,2-3,11H2,1H3/b25-23+. The first-order valence-electron chi connectivity index (χ1n) is 11.8. The molecule has 0 spiro atoms. The Morgan fingerprint density at radius 3 is 2.68 bits per heavy atom. The van der Waals surface area contributed by atoms with Crippen molar-refractivity contribution in [1.82, 2.24) is 4.98 Å². The van der Waals surface area contributed by atoms with E-state index in [2.05, 4.69) is 11.9 Å². The van der Waals surface area contributed by atoms with Crippen LogP contribution in [0.15, 0.2) is 66.2 Å². The van der Waals surface area contributed by atoms with Crippen LogP contribution in [0.25, 0.3) is 16.0 Å². The lowest BCUT2D eigenvalue weighted by molar-refractivity contribution is -0.132. The highest BCUT2D eigenvalue weighted by molar-refractivity contribution is 7.22. The first-order chi connectivity index (χ1) is 18.3. The van der Waals surface area contributed by atoms with Gasteiger partial charge in [-0.3, -0.25) is 14.5 Å². The summed E-state index contributed by atoms with van der Waals surface area (Å²) in [5.41, 5.74) is 1.09. The van der Waals surface area contributed by atoms with Crippen LogP contribution in [-0.2, 0) is 9.59 Å². The van der Waals surface area contributed by atoms with E-state index in [1.807, 2.05) is 0 Å². The number of anilines is 1. The molecule has 1 amide bonds. The summed E-state index contributed by atoms with van der Waals surface area (Å²) < 4.78 is 20.1. The average molecular weight is 571 g/mol. The largest absolute Gasteiger partial charge is 0.507 e. The summed E-state index contributed by atoms with van der Waals surface area (Å²) in [5.74, 6) is -2.05. The third-order valence-electron chi connectivity index (χ3n) is 6.12. The summed E-state index contributed by atoms with van der Waals surface area (Å²) in [6.45, 7) is 2.56. The highest BCUT2D eigenvalue weighted by Gasteiger charge is 2.48. The van der Waals surface area contributed by atoms with Gasteiger partial charge in [-0.25, -0.2) is 9.37 Å². The van der Waals surface area contributed by atoms with Gasteiger partial charge in [0, 0.05) is 5.56 Å². The van der Waals surface area contributed by atoms with Crippen molar-refractivity contribution in [2.45, 2.75) is 25.8 Å². The monoisotopic (exact) mass is 570 g/mol. The maximum Gasteiger partial charge on any atom is 0.301 e. The quantitative estimate of drug-likeness (QED) is 0.107. The highest BCUT2D eigenvalue weighted by atomic mass is 35.5. The molecule has 4 aromatic rings. The zero-order chi connectivity index (χ0) is 27.0. The van der Waals surface area contributed by atoms with Crippen molar-refractivity contribution in [1.29, 1.82) is 0 Å². The van der Waals surface area contributed by atoms with Crippen LogP contribution in [0.1, 0.15) is 36.9 Å². The third-order valence-corrected chi connectivity index (χ3v) is 7.88. The van der Waals surface area contributed by atoms with Gasteiger partial charge in [0.05, 0.1) is 38.5 Å². The number of aliphatic hydroxyl groups excluding tert-OH is 1. The number of unbranched alkanes of at least 4 members (excludes halogenated alkanes) is 1. The number of carbonyl (C=O) groups is 2. The molecular formula is C28H21Cl2FN2O4S. The molecule has 1 saturated heterocycles. The molecule has 1 aliphatic rings. The number of hydrogen-bond donors (Lipinski definition) is 1. The molecule has 194 valence electrons. The molecule has 5 rings (SSSR count). The van der Waals surface area contributed by atoms with Gasteiger partial charge >= 0.3 is 5.91 Å². The number of thiazole rings is 1. The fourth-order valence-electron chi connectivity index (χ4n) is 4.24. The minimum Gasteiger partial charge on any atom is -0.507 e. The maximum absolute atomic E-state index is 13.8. The van der Waals surface area contributed by atoms with E-state index in [1.165, 1.54) is 29.2 Å². The molecule has 10 heteroatoms. The molecule has 3 aromatic carbocycles. The number of carbonyl (C=O) groups excluding carboxylic acids is 2. The van der Waals surface area contributed by atoms with Gasteiger partial charge in [0.15, 0.2) is 5.13 Å². The average Bonchev–Trinajstić information content (AvgIpc) is 3.43. The molecule has 1 atom stereocenters. The Labute approximate surface area is 231 Å². The Morgan fingerprint density at radius 2 is 1.92 bits per heavy atom. The highest BCUT2D eigenvalue weighted by Crippen LogP contribution is 2.45. The maximum atomic E-state index is 13.8. The number of hydrogen-bond acceptors (Lipinski definition) is 6. The number of ketones is 1. The van der Waals surface area contributed by atoms with Crippen molar-refractivity contribution in [3.8, 4) is 5.75 Å². The molecule has 1 N–H and O–H groups in total. The van der Waals surface area contributed by atoms with Gasteiger partial charge in [-0.2, -0.15) is 0 Å². The van der Waals surface area contributed by atoms with Crippen LogP contribution in [0.5, 0.6) is 5.75 Å². The number of aliphatic hydroxyl groups is 1. The molecule has 0 radical (unpaired) electrons. The zero-order valence-electron chi connectivity index (χ0n) is 20.1. The van der Waals surface area contributed by atoms with Crippen LogP contribution in [0, 0.1) is 5.82 Å². The number of amides is 1. The van der Waals surface area contributed by atoms with E-state index < -0.39 is 23.5 Å². The van der Waals surface area contributed by atoms with Crippen molar-refractivity contribution in [3.63, 3.8) is 0 Å². The van der Waals surface area contributed by atoms with Crippen molar-refractivity contribution >= 4 is 67.3 Å². The van der Waals surface area contributed by atoms with E-state index in [4.69, 9.17) is 27.9 Å². The Bertz CT molecular complexity index is 1600. The molecule has 1 fully saturated rings. The number of rotatable bonds is 7. The number of fused-ring (bicyclic) bond motifs is 1. The summed E-state index contributed by atoms with van der Waals surface area (Å²) >= 11 is 13.5. The van der Waals surface area contributed by atoms with E-state index in [0.29, 0.717) is 38.7 Å². The van der Waals surface area contributed by atoms with E-state index in [0.717, 1.165) is 24.2 Å². The molecule has 1 aromatic heterocycles. The van der Waals surface area contributed by atoms with Gasteiger partial charge in [-0.05, 0) is 54.4 Å². The van der Waals surface area contributed by atoms with Gasteiger partial charge in [0.2, 0.25) is 0 Å². The van der Waals surface area contributed by atoms with Gasteiger partial charge in [0.1, 0.15) is 17.3 Å². The van der Waals surface area contributed by atoms with Crippen molar-refractivity contribution in [3.05, 3.63) is 93.2 Å².